The summed E-state index contributed by atoms with van der Waals surface area (Å²) in [6.07, 6.45) is 4.05. The molecule has 8 heteroatoms. The van der Waals surface area contributed by atoms with Crippen LogP contribution < -0.4 is 23.7 Å². The number of ether oxygens (including phenoxy) is 6. The third-order valence-electron chi connectivity index (χ3n) is 6.19. The van der Waals surface area contributed by atoms with Crippen molar-refractivity contribution < 1.29 is 33.2 Å². The van der Waals surface area contributed by atoms with Crippen molar-refractivity contribution in [2.45, 2.75) is 25.5 Å². The summed E-state index contributed by atoms with van der Waals surface area (Å²) >= 11 is 0. The Bertz CT molecular complexity index is 1100. The van der Waals surface area contributed by atoms with Crippen LogP contribution in [0.2, 0.25) is 0 Å². The molecule has 3 aliphatic heterocycles. The maximum atomic E-state index is 13.2. The second-order valence-corrected chi connectivity index (χ2v) is 8.20. The largest absolute Gasteiger partial charge is 0.493 e. The zero-order valence-electron chi connectivity index (χ0n) is 19.0. The van der Waals surface area contributed by atoms with Crippen LogP contribution in [0, 0.1) is 0 Å². The van der Waals surface area contributed by atoms with Gasteiger partial charge in [0.25, 0.3) is 0 Å². The molecule has 1 unspecified atom stereocenters. The lowest BCUT2D eigenvalue weighted by Gasteiger charge is -2.31. The molecule has 3 aliphatic rings. The first-order valence-corrected chi connectivity index (χ1v) is 11.0. The number of hydrogen-bond acceptors (Lipinski definition) is 8. The van der Waals surface area contributed by atoms with Gasteiger partial charge in [-0.1, -0.05) is 0 Å². The van der Waals surface area contributed by atoms with Crippen LogP contribution in [0.15, 0.2) is 30.0 Å². The fourth-order valence-corrected chi connectivity index (χ4v) is 4.58. The molecule has 0 aromatic heterocycles. The molecule has 174 valence electrons. The standard InChI is InChI=1S/C25H27NO7/c1-28-20-8-6-15(23(29-2)25(20)30-3)11-21-22(27)17-7-9-19-18(24(17)33-21)13-26(14-32-19)12-16-5-4-10-31-16/h6-9,11,16H,4-5,10,12-14H2,1-3H3/b21-11-. The second kappa shape index (κ2) is 8.96. The fourth-order valence-electron chi connectivity index (χ4n) is 4.58. The molecule has 2 aromatic rings. The lowest BCUT2D eigenvalue weighted by Crippen LogP contribution is -2.37. The van der Waals surface area contributed by atoms with Crippen LogP contribution >= 0.6 is 0 Å². The number of benzene rings is 2. The van der Waals surface area contributed by atoms with Crippen molar-refractivity contribution >= 4 is 11.9 Å². The molecule has 1 saturated heterocycles. The van der Waals surface area contributed by atoms with Gasteiger partial charge in [-0.25, -0.2) is 0 Å². The summed E-state index contributed by atoms with van der Waals surface area (Å²) in [6.45, 7) is 2.74. The summed E-state index contributed by atoms with van der Waals surface area (Å²) in [6, 6.07) is 7.17. The van der Waals surface area contributed by atoms with Gasteiger partial charge in [0.05, 0.1) is 38.6 Å². The smallest absolute Gasteiger partial charge is 0.231 e. The Morgan fingerprint density at radius 1 is 1.09 bits per heavy atom. The predicted molar refractivity (Wildman–Crippen MR) is 120 cm³/mol. The third kappa shape index (κ3) is 3.89. The van der Waals surface area contributed by atoms with Gasteiger partial charge in [0, 0.05) is 25.3 Å². The van der Waals surface area contributed by atoms with Gasteiger partial charge < -0.3 is 28.4 Å². The van der Waals surface area contributed by atoms with Gasteiger partial charge >= 0.3 is 0 Å². The summed E-state index contributed by atoms with van der Waals surface area (Å²) < 4.78 is 34.2. The summed E-state index contributed by atoms with van der Waals surface area (Å²) in [5.74, 6) is 2.80. The number of carbonyl (C=O) groups excluding carboxylic acids is 1. The number of hydrogen-bond donors (Lipinski definition) is 0. The van der Waals surface area contributed by atoms with E-state index in [1.54, 1.807) is 45.6 Å². The van der Waals surface area contributed by atoms with Crippen molar-refractivity contribution in [2.75, 3.05) is 41.2 Å². The molecule has 0 N–H and O–H groups in total. The Morgan fingerprint density at radius 2 is 1.94 bits per heavy atom. The molecule has 8 nitrogen and oxygen atoms in total. The Kier molecular flexibility index (Phi) is 5.86. The molecular formula is C25H27NO7. The van der Waals surface area contributed by atoms with E-state index in [1.165, 1.54) is 0 Å². The van der Waals surface area contributed by atoms with E-state index in [9.17, 15) is 4.79 Å². The van der Waals surface area contributed by atoms with Crippen LogP contribution in [0.3, 0.4) is 0 Å². The number of ketones is 1. The monoisotopic (exact) mass is 453 g/mol. The summed E-state index contributed by atoms with van der Waals surface area (Å²) in [4.78, 5) is 15.3. The van der Waals surface area contributed by atoms with Crippen LogP contribution in [-0.4, -0.2) is 58.0 Å². The average Bonchev–Trinajstić information content (AvgIpc) is 3.46. The minimum Gasteiger partial charge on any atom is -0.493 e. The quantitative estimate of drug-likeness (QED) is 0.614. The van der Waals surface area contributed by atoms with Gasteiger partial charge in [0.1, 0.15) is 18.2 Å². The molecule has 3 heterocycles. The summed E-state index contributed by atoms with van der Waals surface area (Å²) in [5, 5.41) is 0. The van der Waals surface area contributed by atoms with Crippen LogP contribution in [0.5, 0.6) is 28.7 Å². The Balaban J connectivity index is 1.45. The fraction of sp³-hybridized carbons (Fsp3) is 0.400. The van der Waals surface area contributed by atoms with Gasteiger partial charge in [0.2, 0.25) is 11.5 Å². The Morgan fingerprint density at radius 3 is 2.67 bits per heavy atom. The number of nitrogens with zero attached hydrogens (tertiary/aromatic N) is 1. The highest BCUT2D eigenvalue weighted by Crippen LogP contribution is 2.44. The molecule has 0 radical (unpaired) electrons. The molecule has 1 fully saturated rings. The van der Waals surface area contributed by atoms with Gasteiger partial charge in [0.15, 0.2) is 17.3 Å². The SMILES string of the molecule is COc1ccc(/C=C2\Oc3c(ccc4c3CN(CC3CCCO3)CO4)C2=O)c(OC)c1OC. The normalized spacial score (nSPS) is 20.8. The van der Waals surface area contributed by atoms with E-state index in [0.717, 1.165) is 37.3 Å². The molecule has 0 aliphatic carbocycles. The first-order chi connectivity index (χ1) is 16.1. The van der Waals surface area contributed by atoms with Crippen molar-refractivity contribution in [2.24, 2.45) is 0 Å². The van der Waals surface area contributed by atoms with Crippen molar-refractivity contribution in [3.63, 3.8) is 0 Å². The molecule has 2 aromatic carbocycles. The van der Waals surface area contributed by atoms with Crippen LogP contribution in [0.1, 0.15) is 34.3 Å². The van der Waals surface area contributed by atoms with Crippen molar-refractivity contribution in [3.8, 4) is 28.7 Å². The number of rotatable bonds is 6. The number of carbonyl (C=O) groups is 1. The van der Waals surface area contributed by atoms with E-state index in [0.29, 0.717) is 47.4 Å². The number of fused-ring (bicyclic) bond motifs is 3. The molecule has 0 bridgehead atoms. The third-order valence-corrected chi connectivity index (χ3v) is 6.19. The van der Waals surface area contributed by atoms with Gasteiger partial charge in [-0.15, -0.1) is 0 Å². The Labute approximate surface area is 192 Å². The zero-order chi connectivity index (χ0) is 22.9. The second-order valence-electron chi connectivity index (χ2n) is 8.20. The van der Waals surface area contributed by atoms with Crippen LogP contribution in [-0.2, 0) is 11.3 Å². The highest BCUT2D eigenvalue weighted by Gasteiger charge is 2.34. The van der Waals surface area contributed by atoms with E-state index in [1.807, 2.05) is 6.07 Å². The van der Waals surface area contributed by atoms with Crippen molar-refractivity contribution in [3.05, 3.63) is 46.7 Å². The average molecular weight is 453 g/mol. The molecule has 0 spiro atoms. The van der Waals surface area contributed by atoms with E-state index in [-0.39, 0.29) is 17.6 Å². The van der Waals surface area contributed by atoms with Crippen molar-refractivity contribution in [1.82, 2.24) is 4.90 Å². The maximum Gasteiger partial charge on any atom is 0.231 e. The van der Waals surface area contributed by atoms with Crippen LogP contribution in [0.4, 0.5) is 0 Å². The highest BCUT2D eigenvalue weighted by atomic mass is 16.5. The van der Waals surface area contributed by atoms with E-state index >= 15 is 0 Å². The minimum atomic E-state index is -0.180. The predicted octanol–water partition coefficient (Wildman–Crippen LogP) is 3.66. The lowest BCUT2D eigenvalue weighted by molar-refractivity contribution is 0.0274. The molecule has 0 saturated carbocycles. The molecule has 1 atom stereocenters. The molecule has 5 rings (SSSR count). The lowest BCUT2D eigenvalue weighted by atomic mass is 10.0. The minimum absolute atomic E-state index is 0.180. The topological polar surface area (TPSA) is 75.7 Å². The first kappa shape index (κ1) is 21.6. The van der Waals surface area contributed by atoms with E-state index in [2.05, 4.69) is 4.90 Å². The van der Waals surface area contributed by atoms with Crippen molar-refractivity contribution in [1.29, 1.82) is 0 Å². The van der Waals surface area contributed by atoms with Crippen LogP contribution in [0.25, 0.3) is 6.08 Å². The first-order valence-electron chi connectivity index (χ1n) is 11.0. The summed E-state index contributed by atoms with van der Waals surface area (Å²) in [5.41, 5.74) is 2.06. The number of allylic oxidation sites excluding steroid dienone is 1. The van der Waals surface area contributed by atoms with E-state index in [4.69, 9.17) is 28.4 Å². The highest BCUT2D eigenvalue weighted by molar-refractivity contribution is 6.15. The summed E-state index contributed by atoms with van der Waals surface area (Å²) in [7, 11) is 4.64. The molecular weight excluding hydrogens is 426 g/mol. The van der Waals surface area contributed by atoms with E-state index < -0.39 is 0 Å². The Hall–Kier alpha value is -3.23. The maximum absolute atomic E-state index is 13.2. The van der Waals surface area contributed by atoms with Gasteiger partial charge in [-0.05, 0) is 43.2 Å². The van der Waals surface area contributed by atoms with Gasteiger partial charge in [-0.3, -0.25) is 9.69 Å². The molecule has 33 heavy (non-hydrogen) atoms. The molecule has 0 amide bonds. The zero-order valence-corrected chi connectivity index (χ0v) is 19.0. The van der Waals surface area contributed by atoms with Gasteiger partial charge in [-0.2, -0.15) is 0 Å². The number of Topliss-reactive ketones (excluding diaryl/α,β-unsaturated/α-hetero) is 1. The number of methoxy groups -OCH3 is 3.